The standard InChI is InChI=1S/C29H38O9Si/c1-19(30)35-25-24(38-28(33-7)27(37-21(3)32)26(25)36-20(2)31)18-34-39(29(4,5)6,22-14-10-8-11-15-22)23-16-12-9-13-17-23/h8-17,24-28H,18H2,1-7H3. The van der Waals surface area contributed by atoms with Gasteiger partial charge in [-0.15, -0.1) is 0 Å². The van der Waals surface area contributed by atoms with Gasteiger partial charge < -0.3 is 28.1 Å². The molecule has 39 heavy (non-hydrogen) atoms. The van der Waals surface area contributed by atoms with Crippen LogP contribution in [0.4, 0.5) is 0 Å². The SMILES string of the molecule is COC1OC(CO[Si](c2ccccc2)(c2ccccc2)C(C)(C)C)C(OC(C)=O)C(OC(C)=O)C1OC(C)=O. The number of rotatable bonds is 9. The Kier molecular flexibility index (Phi) is 10.1. The molecule has 0 aromatic heterocycles. The van der Waals surface area contributed by atoms with Gasteiger partial charge >= 0.3 is 17.9 Å². The number of benzene rings is 2. The van der Waals surface area contributed by atoms with Crippen molar-refractivity contribution in [1.82, 2.24) is 0 Å². The van der Waals surface area contributed by atoms with Crippen LogP contribution in [0.5, 0.6) is 0 Å². The highest BCUT2D eigenvalue weighted by atomic mass is 28.4. The molecule has 1 heterocycles. The highest BCUT2D eigenvalue weighted by molar-refractivity contribution is 6.99. The predicted molar refractivity (Wildman–Crippen MR) is 146 cm³/mol. The molecule has 0 aliphatic carbocycles. The van der Waals surface area contributed by atoms with Crippen LogP contribution in [0, 0.1) is 0 Å². The van der Waals surface area contributed by atoms with Crippen molar-refractivity contribution < 1.29 is 42.5 Å². The summed E-state index contributed by atoms with van der Waals surface area (Å²) in [5, 5.41) is 1.79. The molecule has 1 aliphatic rings. The summed E-state index contributed by atoms with van der Waals surface area (Å²) >= 11 is 0. The predicted octanol–water partition coefficient (Wildman–Crippen LogP) is 2.73. The molecule has 9 nitrogen and oxygen atoms in total. The van der Waals surface area contributed by atoms with Gasteiger partial charge in [0.15, 0.2) is 24.6 Å². The molecular weight excluding hydrogens is 520 g/mol. The monoisotopic (exact) mass is 558 g/mol. The number of carbonyl (C=O) groups is 3. The van der Waals surface area contributed by atoms with Crippen LogP contribution >= 0.6 is 0 Å². The number of methoxy groups -OCH3 is 1. The number of hydrogen-bond donors (Lipinski definition) is 0. The lowest BCUT2D eigenvalue weighted by atomic mass is 9.98. The smallest absolute Gasteiger partial charge is 0.303 e. The van der Waals surface area contributed by atoms with Crippen molar-refractivity contribution in [2.45, 2.75) is 77.3 Å². The number of carbonyl (C=O) groups excluding carboxylic acids is 3. The van der Waals surface area contributed by atoms with Crippen LogP contribution in [0.1, 0.15) is 41.5 Å². The Labute approximate surface area is 230 Å². The van der Waals surface area contributed by atoms with Crippen LogP contribution in [-0.4, -0.2) is 70.6 Å². The van der Waals surface area contributed by atoms with Crippen molar-refractivity contribution in [2.75, 3.05) is 13.7 Å². The summed E-state index contributed by atoms with van der Waals surface area (Å²) in [6.45, 7) is 10.1. The van der Waals surface area contributed by atoms with E-state index in [1.807, 2.05) is 36.4 Å². The van der Waals surface area contributed by atoms with E-state index in [9.17, 15) is 14.4 Å². The first-order chi connectivity index (χ1) is 18.4. The van der Waals surface area contributed by atoms with Crippen molar-refractivity contribution in [1.29, 1.82) is 0 Å². The molecule has 2 aromatic rings. The first kappa shape index (κ1) is 30.5. The van der Waals surface area contributed by atoms with E-state index in [2.05, 4.69) is 45.0 Å². The van der Waals surface area contributed by atoms with Crippen LogP contribution in [0.15, 0.2) is 60.7 Å². The van der Waals surface area contributed by atoms with Gasteiger partial charge in [-0.25, -0.2) is 0 Å². The Morgan fingerprint density at radius 1 is 0.744 bits per heavy atom. The minimum absolute atomic E-state index is 0.0182. The van der Waals surface area contributed by atoms with Crippen molar-refractivity contribution >= 4 is 36.6 Å². The number of esters is 3. The lowest BCUT2D eigenvalue weighted by Gasteiger charge is -2.47. The molecule has 10 heteroatoms. The van der Waals surface area contributed by atoms with Crippen LogP contribution < -0.4 is 10.4 Å². The molecule has 0 spiro atoms. The summed E-state index contributed by atoms with van der Waals surface area (Å²) in [6.07, 6.45) is -5.47. The number of hydrogen-bond acceptors (Lipinski definition) is 9. The summed E-state index contributed by atoms with van der Waals surface area (Å²) in [6, 6.07) is 20.1. The fourth-order valence-electron chi connectivity index (χ4n) is 5.15. The molecule has 1 aliphatic heterocycles. The van der Waals surface area contributed by atoms with Crippen LogP contribution in [0.3, 0.4) is 0 Å². The van der Waals surface area contributed by atoms with Gasteiger partial charge in [-0.05, 0) is 15.4 Å². The molecule has 0 N–H and O–H groups in total. The molecular formula is C29H38O9Si. The maximum atomic E-state index is 12.2. The Morgan fingerprint density at radius 3 is 1.59 bits per heavy atom. The fourth-order valence-corrected chi connectivity index (χ4v) is 9.72. The lowest BCUT2D eigenvalue weighted by molar-refractivity contribution is -0.301. The zero-order valence-corrected chi connectivity index (χ0v) is 24.5. The van der Waals surface area contributed by atoms with Gasteiger partial charge in [0.05, 0.1) is 6.61 Å². The zero-order chi connectivity index (χ0) is 28.8. The molecule has 0 radical (unpaired) electrons. The maximum absolute atomic E-state index is 12.2. The largest absolute Gasteiger partial charge is 0.456 e. The van der Waals surface area contributed by atoms with Crippen LogP contribution in [-0.2, 0) is 42.5 Å². The van der Waals surface area contributed by atoms with E-state index < -0.39 is 56.9 Å². The second kappa shape index (κ2) is 12.9. The van der Waals surface area contributed by atoms with Crippen molar-refractivity contribution in [3.63, 3.8) is 0 Å². The van der Waals surface area contributed by atoms with Gasteiger partial charge in [0.2, 0.25) is 0 Å². The molecule has 1 fully saturated rings. The Hall–Kier alpha value is -3.05. The van der Waals surface area contributed by atoms with Gasteiger partial charge in [0.25, 0.3) is 8.32 Å². The van der Waals surface area contributed by atoms with Gasteiger partial charge in [-0.3, -0.25) is 14.4 Å². The van der Waals surface area contributed by atoms with Crippen molar-refractivity contribution in [3.05, 3.63) is 60.7 Å². The number of ether oxygens (including phenoxy) is 5. The molecule has 0 amide bonds. The summed E-state index contributed by atoms with van der Waals surface area (Å²) in [5.74, 6) is -1.89. The molecule has 1 saturated heterocycles. The first-order valence-corrected chi connectivity index (χ1v) is 14.8. The third-order valence-corrected chi connectivity index (χ3v) is 11.6. The van der Waals surface area contributed by atoms with E-state index in [1.54, 1.807) is 0 Å². The van der Waals surface area contributed by atoms with E-state index >= 15 is 0 Å². The van der Waals surface area contributed by atoms with E-state index in [1.165, 1.54) is 27.9 Å². The molecule has 0 bridgehead atoms. The van der Waals surface area contributed by atoms with E-state index in [4.69, 9.17) is 28.1 Å². The van der Waals surface area contributed by atoms with E-state index in [-0.39, 0.29) is 11.6 Å². The quantitative estimate of drug-likeness (QED) is 0.261. The Balaban J connectivity index is 2.09. The average molecular weight is 559 g/mol. The third kappa shape index (κ3) is 6.94. The van der Waals surface area contributed by atoms with Crippen LogP contribution in [0.25, 0.3) is 0 Å². The second-order valence-corrected chi connectivity index (χ2v) is 14.8. The van der Waals surface area contributed by atoms with E-state index in [0.717, 1.165) is 10.4 Å². The highest BCUT2D eigenvalue weighted by Gasteiger charge is 2.55. The summed E-state index contributed by atoms with van der Waals surface area (Å²) in [4.78, 5) is 36.2. The summed E-state index contributed by atoms with van der Waals surface area (Å²) < 4.78 is 35.3. The fraction of sp³-hybridized carbons (Fsp3) is 0.483. The van der Waals surface area contributed by atoms with Gasteiger partial charge in [-0.1, -0.05) is 81.4 Å². The summed E-state index contributed by atoms with van der Waals surface area (Å²) in [5.41, 5.74) is 0. The minimum Gasteiger partial charge on any atom is -0.456 e. The first-order valence-electron chi connectivity index (χ1n) is 12.9. The van der Waals surface area contributed by atoms with Crippen molar-refractivity contribution in [2.24, 2.45) is 0 Å². The molecule has 5 unspecified atom stereocenters. The average Bonchev–Trinajstić information content (AvgIpc) is 2.87. The van der Waals surface area contributed by atoms with Gasteiger partial charge in [-0.2, -0.15) is 0 Å². The zero-order valence-electron chi connectivity index (χ0n) is 23.5. The maximum Gasteiger partial charge on any atom is 0.303 e. The van der Waals surface area contributed by atoms with Gasteiger partial charge in [0.1, 0.15) is 6.10 Å². The second-order valence-electron chi connectivity index (χ2n) is 10.5. The topological polar surface area (TPSA) is 107 Å². The lowest BCUT2D eigenvalue weighted by Crippen LogP contribution is -2.68. The normalized spacial score (nSPS) is 23.5. The molecule has 212 valence electrons. The molecule has 0 saturated carbocycles. The Morgan fingerprint density at radius 2 is 1.18 bits per heavy atom. The highest BCUT2D eigenvalue weighted by Crippen LogP contribution is 2.38. The van der Waals surface area contributed by atoms with E-state index in [0.29, 0.717) is 0 Å². The Bertz CT molecular complexity index is 1080. The molecule has 2 aromatic carbocycles. The van der Waals surface area contributed by atoms with Gasteiger partial charge in [0, 0.05) is 27.9 Å². The van der Waals surface area contributed by atoms with Crippen molar-refractivity contribution in [3.8, 4) is 0 Å². The summed E-state index contributed by atoms with van der Waals surface area (Å²) in [7, 11) is -1.60. The minimum atomic E-state index is -2.99. The molecule has 3 rings (SSSR count). The molecule has 5 atom stereocenters. The van der Waals surface area contributed by atoms with Crippen LogP contribution in [0.2, 0.25) is 5.04 Å². The third-order valence-electron chi connectivity index (χ3n) is 6.61.